The molecule has 0 saturated carbocycles. The number of anilines is 1. The summed E-state index contributed by atoms with van der Waals surface area (Å²) in [6.45, 7) is 1.94. The van der Waals surface area contributed by atoms with Crippen molar-refractivity contribution in [2.45, 2.75) is 6.92 Å². The van der Waals surface area contributed by atoms with E-state index in [1.54, 1.807) is 12.4 Å². The molecule has 2 aromatic rings. The molecule has 0 aromatic carbocycles. The first kappa shape index (κ1) is 8.62. The van der Waals surface area contributed by atoms with Crippen LogP contribution in [0.5, 0.6) is 0 Å². The van der Waals surface area contributed by atoms with E-state index < -0.39 is 0 Å². The molecule has 0 bridgehead atoms. The minimum Gasteiger partial charge on any atom is -0.384 e. The number of aromatic nitrogens is 3. The molecule has 0 aliphatic carbocycles. The molecule has 4 nitrogen and oxygen atoms in total. The van der Waals surface area contributed by atoms with Gasteiger partial charge in [0.2, 0.25) is 0 Å². The van der Waals surface area contributed by atoms with Crippen LogP contribution in [0.15, 0.2) is 30.9 Å². The van der Waals surface area contributed by atoms with Gasteiger partial charge in [-0.1, -0.05) is 0 Å². The van der Waals surface area contributed by atoms with E-state index in [1.165, 1.54) is 6.33 Å². The van der Waals surface area contributed by atoms with E-state index in [9.17, 15) is 0 Å². The van der Waals surface area contributed by atoms with E-state index in [-0.39, 0.29) is 0 Å². The quantitative estimate of drug-likeness (QED) is 0.731. The number of hydrogen-bond acceptors (Lipinski definition) is 4. The highest BCUT2D eigenvalue weighted by atomic mass is 14.8. The topological polar surface area (TPSA) is 64.7 Å². The molecule has 0 aliphatic rings. The zero-order valence-electron chi connectivity index (χ0n) is 7.81. The van der Waals surface area contributed by atoms with Crippen LogP contribution in [0, 0.1) is 6.92 Å². The lowest BCUT2D eigenvalue weighted by Gasteiger charge is -2.03. The van der Waals surface area contributed by atoms with Crippen LogP contribution in [-0.4, -0.2) is 15.0 Å². The van der Waals surface area contributed by atoms with Crippen molar-refractivity contribution < 1.29 is 0 Å². The molecule has 0 fully saturated rings. The van der Waals surface area contributed by atoms with Crippen molar-refractivity contribution in [1.82, 2.24) is 15.0 Å². The molecule has 0 atom stereocenters. The Morgan fingerprint density at radius 3 is 2.86 bits per heavy atom. The molecule has 2 N–H and O–H groups in total. The predicted molar refractivity (Wildman–Crippen MR) is 54.4 cm³/mol. The van der Waals surface area contributed by atoms with Gasteiger partial charge in [0.25, 0.3) is 0 Å². The van der Waals surface area contributed by atoms with Crippen LogP contribution in [0.25, 0.3) is 11.1 Å². The third kappa shape index (κ3) is 1.54. The highest BCUT2D eigenvalue weighted by Crippen LogP contribution is 2.21. The van der Waals surface area contributed by atoms with Gasteiger partial charge in [-0.05, 0) is 24.6 Å². The number of rotatable bonds is 1. The van der Waals surface area contributed by atoms with E-state index in [1.807, 2.05) is 19.1 Å². The lowest BCUT2D eigenvalue weighted by Crippen LogP contribution is -1.92. The summed E-state index contributed by atoms with van der Waals surface area (Å²) in [6, 6.07) is 3.70. The van der Waals surface area contributed by atoms with Crippen molar-refractivity contribution in [2.24, 2.45) is 0 Å². The van der Waals surface area contributed by atoms with Crippen LogP contribution in [0.4, 0.5) is 5.82 Å². The Morgan fingerprint density at radius 1 is 1.29 bits per heavy atom. The third-order valence-corrected chi connectivity index (χ3v) is 2.00. The number of pyridine rings is 1. The van der Waals surface area contributed by atoms with Gasteiger partial charge in [-0.3, -0.25) is 0 Å². The van der Waals surface area contributed by atoms with Crippen molar-refractivity contribution in [2.75, 3.05) is 5.73 Å². The summed E-state index contributed by atoms with van der Waals surface area (Å²) in [5.41, 5.74) is 8.51. The molecule has 2 heterocycles. The first-order valence-electron chi connectivity index (χ1n) is 4.26. The van der Waals surface area contributed by atoms with Gasteiger partial charge in [-0.25, -0.2) is 15.0 Å². The first-order chi connectivity index (χ1) is 6.77. The fraction of sp³-hybridized carbons (Fsp3) is 0.100. The standard InChI is InChI=1S/C10H10N4/c1-7-9(5-12-6-14-7)8-2-3-13-10(11)4-8/h2-6H,1H3,(H2,11,13). The molecule has 70 valence electrons. The fourth-order valence-corrected chi connectivity index (χ4v) is 1.29. The largest absolute Gasteiger partial charge is 0.384 e. The van der Waals surface area contributed by atoms with Crippen LogP contribution in [-0.2, 0) is 0 Å². The van der Waals surface area contributed by atoms with Gasteiger partial charge >= 0.3 is 0 Å². The van der Waals surface area contributed by atoms with Crippen molar-refractivity contribution in [3.05, 3.63) is 36.5 Å². The summed E-state index contributed by atoms with van der Waals surface area (Å²) in [6.07, 6.45) is 4.98. The van der Waals surface area contributed by atoms with Crippen molar-refractivity contribution in [1.29, 1.82) is 0 Å². The van der Waals surface area contributed by atoms with Crippen LogP contribution in [0.1, 0.15) is 5.69 Å². The molecule has 2 aromatic heterocycles. The normalized spacial score (nSPS) is 10.1. The number of nitrogen functional groups attached to an aromatic ring is 1. The number of hydrogen-bond donors (Lipinski definition) is 1. The second-order valence-corrected chi connectivity index (χ2v) is 2.99. The molecule has 14 heavy (non-hydrogen) atoms. The van der Waals surface area contributed by atoms with Gasteiger partial charge in [-0.15, -0.1) is 0 Å². The second kappa shape index (κ2) is 3.41. The van der Waals surface area contributed by atoms with E-state index in [0.29, 0.717) is 5.82 Å². The number of aryl methyl sites for hydroxylation is 1. The minimum atomic E-state index is 0.505. The Bertz CT molecular complexity index is 453. The highest BCUT2D eigenvalue weighted by molar-refractivity contribution is 5.66. The Labute approximate surface area is 81.9 Å². The fourth-order valence-electron chi connectivity index (χ4n) is 1.29. The molecule has 0 radical (unpaired) electrons. The summed E-state index contributed by atoms with van der Waals surface area (Å²) < 4.78 is 0. The minimum absolute atomic E-state index is 0.505. The zero-order valence-corrected chi connectivity index (χ0v) is 7.81. The SMILES string of the molecule is Cc1ncncc1-c1ccnc(N)c1. The Morgan fingerprint density at radius 2 is 2.14 bits per heavy atom. The first-order valence-corrected chi connectivity index (χ1v) is 4.26. The molecule has 0 amide bonds. The maximum Gasteiger partial charge on any atom is 0.123 e. The van der Waals surface area contributed by atoms with Gasteiger partial charge in [-0.2, -0.15) is 0 Å². The molecule has 2 rings (SSSR count). The second-order valence-electron chi connectivity index (χ2n) is 2.99. The van der Waals surface area contributed by atoms with E-state index in [2.05, 4.69) is 15.0 Å². The summed E-state index contributed by atoms with van der Waals surface area (Å²) in [5.74, 6) is 0.505. The van der Waals surface area contributed by atoms with Gasteiger partial charge in [0, 0.05) is 23.7 Å². The lowest BCUT2D eigenvalue weighted by molar-refractivity contribution is 1.10. The summed E-state index contributed by atoms with van der Waals surface area (Å²) in [5, 5.41) is 0. The maximum atomic E-state index is 5.59. The average Bonchev–Trinajstić information content (AvgIpc) is 2.18. The van der Waals surface area contributed by atoms with E-state index in [4.69, 9.17) is 5.73 Å². The monoisotopic (exact) mass is 186 g/mol. The van der Waals surface area contributed by atoms with Crippen molar-refractivity contribution >= 4 is 5.82 Å². The lowest BCUT2D eigenvalue weighted by atomic mass is 10.1. The van der Waals surface area contributed by atoms with Gasteiger partial charge in [0.15, 0.2) is 0 Å². The average molecular weight is 186 g/mol. The van der Waals surface area contributed by atoms with Crippen LogP contribution in [0.2, 0.25) is 0 Å². The summed E-state index contributed by atoms with van der Waals surface area (Å²) in [4.78, 5) is 12.0. The summed E-state index contributed by atoms with van der Waals surface area (Å²) >= 11 is 0. The zero-order chi connectivity index (χ0) is 9.97. The van der Waals surface area contributed by atoms with Gasteiger partial charge in [0.1, 0.15) is 12.1 Å². The molecule has 4 heteroatoms. The summed E-state index contributed by atoms with van der Waals surface area (Å²) in [7, 11) is 0. The Hall–Kier alpha value is -1.97. The number of nitrogens with zero attached hydrogens (tertiary/aromatic N) is 3. The highest BCUT2D eigenvalue weighted by Gasteiger charge is 2.02. The maximum absolute atomic E-state index is 5.59. The molecule has 0 spiro atoms. The molecule has 0 aliphatic heterocycles. The van der Waals surface area contributed by atoms with Crippen LogP contribution < -0.4 is 5.73 Å². The van der Waals surface area contributed by atoms with E-state index in [0.717, 1.165) is 16.8 Å². The predicted octanol–water partition coefficient (Wildman–Crippen LogP) is 1.43. The molecular formula is C10H10N4. The number of nitrogens with two attached hydrogens (primary N) is 1. The molecule has 0 unspecified atom stereocenters. The van der Waals surface area contributed by atoms with E-state index >= 15 is 0 Å². The van der Waals surface area contributed by atoms with Gasteiger partial charge in [0.05, 0.1) is 0 Å². The van der Waals surface area contributed by atoms with Crippen LogP contribution >= 0.6 is 0 Å². The Kier molecular flexibility index (Phi) is 2.10. The third-order valence-electron chi connectivity index (χ3n) is 2.00. The smallest absolute Gasteiger partial charge is 0.123 e. The molecule has 0 saturated heterocycles. The van der Waals surface area contributed by atoms with Crippen molar-refractivity contribution in [3.8, 4) is 11.1 Å². The van der Waals surface area contributed by atoms with Crippen LogP contribution in [0.3, 0.4) is 0 Å². The van der Waals surface area contributed by atoms with Gasteiger partial charge < -0.3 is 5.73 Å². The van der Waals surface area contributed by atoms with Crippen molar-refractivity contribution in [3.63, 3.8) is 0 Å². The molecular weight excluding hydrogens is 176 g/mol. The Balaban J connectivity index is 2.55.